The van der Waals surface area contributed by atoms with Crippen molar-refractivity contribution < 1.29 is 4.79 Å². The molecule has 0 aromatic carbocycles. The van der Waals surface area contributed by atoms with E-state index in [0.29, 0.717) is 22.8 Å². The van der Waals surface area contributed by atoms with Crippen LogP contribution in [0.15, 0.2) is 24.7 Å². The second-order valence-corrected chi connectivity index (χ2v) is 4.28. The van der Waals surface area contributed by atoms with Gasteiger partial charge in [0.15, 0.2) is 0 Å². The molecule has 0 atom stereocenters. The highest BCUT2D eigenvalue weighted by Gasteiger charge is 2.20. The summed E-state index contributed by atoms with van der Waals surface area (Å²) in [6.07, 6.45) is 5.60. The van der Waals surface area contributed by atoms with Crippen molar-refractivity contribution in [1.29, 1.82) is 0 Å². The van der Waals surface area contributed by atoms with Gasteiger partial charge in [0.05, 0.1) is 11.2 Å². The summed E-state index contributed by atoms with van der Waals surface area (Å²) in [5, 5.41) is 4.47. The third-order valence-corrected chi connectivity index (χ3v) is 3.12. The zero-order chi connectivity index (χ0) is 13.1. The van der Waals surface area contributed by atoms with Crippen molar-refractivity contribution >= 4 is 17.4 Å². The number of pyridine rings is 1. The van der Waals surface area contributed by atoms with Crippen LogP contribution < -0.4 is 0 Å². The van der Waals surface area contributed by atoms with Crippen LogP contribution >= 0.6 is 11.6 Å². The first-order chi connectivity index (χ1) is 8.69. The van der Waals surface area contributed by atoms with Gasteiger partial charge in [-0.1, -0.05) is 18.5 Å². The highest BCUT2D eigenvalue weighted by Crippen LogP contribution is 2.21. The topological polar surface area (TPSA) is 47.8 Å². The minimum atomic E-state index is -0.0985. The van der Waals surface area contributed by atoms with Crippen LogP contribution in [0.4, 0.5) is 0 Å². The molecule has 0 saturated carbocycles. The summed E-state index contributed by atoms with van der Waals surface area (Å²) in [5.74, 6) is -0.0985. The number of aryl methyl sites for hydroxylation is 2. The second-order valence-electron chi connectivity index (χ2n) is 3.87. The highest BCUT2D eigenvalue weighted by atomic mass is 35.5. The predicted octanol–water partition coefficient (Wildman–Crippen LogP) is 2.74. The van der Waals surface area contributed by atoms with Crippen molar-refractivity contribution in [2.75, 3.05) is 0 Å². The van der Waals surface area contributed by atoms with Crippen LogP contribution in [0.1, 0.15) is 35.5 Å². The number of carbonyl (C=O) groups excluding carboxylic acids is 1. The number of nitrogens with zero attached hydrogens (tertiary/aromatic N) is 3. The van der Waals surface area contributed by atoms with Gasteiger partial charge >= 0.3 is 0 Å². The average Bonchev–Trinajstić information content (AvgIpc) is 2.79. The molecular formula is C13H14ClN3O. The summed E-state index contributed by atoms with van der Waals surface area (Å²) >= 11 is 6.04. The lowest BCUT2D eigenvalue weighted by atomic mass is 10.0. The predicted molar refractivity (Wildman–Crippen MR) is 70.0 cm³/mol. The van der Waals surface area contributed by atoms with Crippen molar-refractivity contribution in [3.63, 3.8) is 0 Å². The minimum Gasteiger partial charge on any atom is -0.287 e. The quantitative estimate of drug-likeness (QED) is 0.797. The van der Waals surface area contributed by atoms with Crippen molar-refractivity contribution in [3.8, 4) is 0 Å². The second kappa shape index (κ2) is 5.31. The molecule has 94 valence electrons. The van der Waals surface area contributed by atoms with Crippen molar-refractivity contribution in [3.05, 3.63) is 46.5 Å². The molecule has 0 unspecified atom stereocenters. The fourth-order valence-electron chi connectivity index (χ4n) is 1.89. The smallest absolute Gasteiger partial charge is 0.212 e. The van der Waals surface area contributed by atoms with E-state index >= 15 is 0 Å². The molecule has 0 aliphatic rings. The van der Waals surface area contributed by atoms with Crippen LogP contribution in [-0.4, -0.2) is 20.5 Å². The molecule has 0 fully saturated rings. The number of halogens is 1. The van der Waals surface area contributed by atoms with Gasteiger partial charge in [-0.15, -0.1) is 0 Å². The Kier molecular flexibility index (Phi) is 3.77. The van der Waals surface area contributed by atoms with E-state index in [0.717, 1.165) is 12.0 Å². The Bertz CT molecular complexity index is 577. The van der Waals surface area contributed by atoms with E-state index < -0.39 is 0 Å². The van der Waals surface area contributed by atoms with Gasteiger partial charge in [0.1, 0.15) is 5.69 Å². The average molecular weight is 264 g/mol. The normalized spacial score (nSPS) is 10.6. The van der Waals surface area contributed by atoms with E-state index in [1.54, 1.807) is 23.1 Å². The highest BCUT2D eigenvalue weighted by molar-refractivity contribution is 6.34. The Morgan fingerprint density at radius 1 is 1.39 bits per heavy atom. The molecule has 0 aliphatic carbocycles. The minimum absolute atomic E-state index is 0.0985. The van der Waals surface area contributed by atoms with Crippen molar-refractivity contribution in [2.24, 2.45) is 0 Å². The van der Waals surface area contributed by atoms with E-state index in [4.69, 9.17) is 11.6 Å². The third kappa shape index (κ3) is 2.16. The molecule has 2 aromatic heterocycles. The van der Waals surface area contributed by atoms with Crippen LogP contribution in [0.2, 0.25) is 5.02 Å². The number of rotatable bonds is 4. The molecule has 0 N–H and O–H groups in total. The van der Waals surface area contributed by atoms with Crippen LogP contribution in [0.25, 0.3) is 0 Å². The maximum Gasteiger partial charge on any atom is 0.212 e. The van der Waals surface area contributed by atoms with Gasteiger partial charge in [0.2, 0.25) is 5.78 Å². The molecular weight excluding hydrogens is 250 g/mol. The fourth-order valence-corrected chi connectivity index (χ4v) is 2.11. The van der Waals surface area contributed by atoms with Gasteiger partial charge in [0, 0.05) is 24.5 Å². The molecule has 2 heterocycles. The first-order valence-corrected chi connectivity index (χ1v) is 6.25. The summed E-state index contributed by atoms with van der Waals surface area (Å²) in [5.41, 5.74) is 2.01. The molecule has 2 rings (SSSR count). The first-order valence-electron chi connectivity index (χ1n) is 5.87. The lowest BCUT2D eigenvalue weighted by Gasteiger charge is -2.08. The molecule has 0 spiro atoms. The maximum absolute atomic E-state index is 12.5. The Hall–Kier alpha value is -1.68. The van der Waals surface area contributed by atoms with E-state index in [-0.39, 0.29) is 5.78 Å². The Balaban J connectivity index is 2.51. The zero-order valence-corrected chi connectivity index (χ0v) is 11.1. The Morgan fingerprint density at radius 3 is 2.83 bits per heavy atom. The lowest BCUT2D eigenvalue weighted by molar-refractivity contribution is 0.102. The first kappa shape index (κ1) is 12.8. The summed E-state index contributed by atoms with van der Waals surface area (Å²) in [7, 11) is 0. The molecule has 0 saturated heterocycles. The standard InChI is InChI=1S/C13H14ClN3O/c1-3-9-7-15-6-5-10(9)13(18)12-11(14)8-16-17(12)4-2/h5-8H,3-4H2,1-2H3. The maximum atomic E-state index is 12.5. The summed E-state index contributed by atoms with van der Waals surface area (Å²) in [6, 6.07) is 1.73. The van der Waals surface area contributed by atoms with Gasteiger partial charge in [-0.2, -0.15) is 5.10 Å². The third-order valence-electron chi connectivity index (χ3n) is 2.84. The molecule has 18 heavy (non-hydrogen) atoms. The molecule has 5 heteroatoms. The number of hydrogen-bond donors (Lipinski definition) is 0. The molecule has 0 amide bonds. The molecule has 4 nitrogen and oxygen atoms in total. The summed E-state index contributed by atoms with van der Waals surface area (Å²) in [4.78, 5) is 16.6. The van der Waals surface area contributed by atoms with E-state index in [9.17, 15) is 4.79 Å². The monoisotopic (exact) mass is 263 g/mol. The van der Waals surface area contributed by atoms with Gasteiger partial charge in [-0.3, -0.25) is 14.5 Å². The van der Waals surface area contributed by atoms with E-state index in [2.05, 4.69) is 10.1 Å². The van der Waals surface area contributed by atoms with Crippen LogP contribution in [0.3, 0.4) is 0 Å². The van der Waals surface area contributed by atoms with Gasteiger partial charge in [-0.05, 0) is 25.0 Å². The molecule has 2 aromatic rings. The Labute approximate surface area is 111 Å². The zero-order valence-electron chi connectivity index (χ0n) is 10.4. The SMILES string of the molecule is CCc1cnccc1C(=O)c1c(Cl)cnn1CC. The van der Waals surface area contributed by atoms with E-state index in [1.165, 1.54) is 6.20 Å². The van der Waals surface area contributed by atoms with Gasteiger partial charge in [-0.25, -0.2) is 0 Å². The molecule has 0 aliphatic heterocycles. The van der Waals surface area contributed by atoms with Crippen LogP contribution in [0.5, 0.6) is 0 Å². The number of ketones is 1. The van der Waals surface area contributed by atoms with Crippen LogP contribution in [-0.2, 0) is 13.0 Å². The Morgan fingerprint density at radius 2 is 2.17 bits per heavy atom. The lowest BCUT2D eigenvalue weighted by Crippen LogP contribution is -2.13. The van der Waals surface area contributed by atoms with E-state index in [1.807, 2.05) is 13.8 Å². The fraction of sp³-hybridized carbons (Fsp3) is 0.308. The number of hydrogen-bond acceptors (Lipinski definition) is 3. The molecule has 0 radical (unpaired) electrons. The van der Waals surface area contributed by atoms with Gasteiger partial charge < -0.3 is 0 Å². The van der Waals surface area contributed by atoms with Crippen molar-refractivity contribution in [2.45, 2.75) is 26.8 Å². The van der Waals surface area contributed by atoms with Crippen LogP contribution in [0, 0.1) is 0 Å². The largest absolute Gasteiger partial charge is 0.287 e. The van der Waals surface area contributed by atoms with Crippen molar-refractivity contribution in [1.82, 2.24) is 14.8 Å². The molecule has 0 bridgehead atoms. The summed E-state index contributed by atoms with van der Waals surface area (Å²) < 4.78 is 1.62. The number of aromatic nitrogens is 3. The van der Waals surface area contributed by atoms with Gasteiger partial charge in [0.25, 0.3) is 0 Å². The summed E-state index contributed by atoms with van der Waals surface area (Å²) in [6.45, 7) is 4.53. The number of carbonyl (C=O) groups is 1.